The second-order valence-electron chi connectivity index (χ2n) is 5.93. The van der Waals surface area contributed by atoms with Crippen LogP contribution in [-0.4, -0.2) is 43.3 Å². The highest BCUT2D eigenvalue weighted by Gasteiger charge is 2.24. The lowest BCUT2D eigenvalue weighted by molar-refractivity contribution is 0.178. The van der Waals surface area contributed by atoms with Crippen LogP contribution in [0.15, 0.2) is 0 Å². The quantitative estimate of drug-likeness (QED) is 0.821. The minimum absolute atomic E-state index is 0.106. The largest absolute Gasteiger partial charge is 0.379 e. The summed E-state index contributed by atoms with van der Waals surface area (Å²) in [6, 6.07) is 0.330. The van der Waals surface area contributed by atoms with Gasteiger partial charge in [0.1, 0.15) is 0 Å². The molecule has 2 unspecified atom stereocenters. The van der Waals surface area contributed by atoms with Gasteiger partial charge in [-0.05, 0) is 37.5 Å². The van der Waals surface area contributed by atoms with E-state index in [1.165, 1.54) is 6.42 Å². The molecule has 0 radical (unpaired) electrons. The molecule has 0 bridgehead atoms. The summed E-state index contributed by atoms with van der Waals surface area (Å²) in [5, 5.41) is 3.08. The van der Waals surface area contributed by atoms with Gasteiger partial charge in [0, 0.05) is 19.7 Å². The first-order valence-electron chi connectivity index (χ1n) is 7.30. The van der Waals surface area contributed by atoms with E-state index in [9.17, 15) is 4.79 Å². The minimum Gasteiger partial charge on any atom is -0.379 e. The Balaban J connectivity index is 1.79. The summed E-state index contributed by atoms with van der Waals surface area (Å²) in [4.78, 5) is 14.1. The maximum absolute atomic E-state index is 12.1. The summed E-state index contributed by atoms with van der Waals surface area (Å²) < 4.78 is 5.29. The fraction of sp³-hybridized carbons (Fsp3) is 0.929. The van der Waals surface area contributed by atoms with Gasteiger partial charge in [-0.2, -0.15) is 0 Å². The Morgan fingerprint density at radius 2 is 2.11 bits per heavy atom. The number of hydrogen-bond acceptors (Lipinski definition) is 2. The molecule has 2 rings (SSSR count). The van der Waals surface area contributed by atoms with Crippen LogP contribution in [0.5, 0.6) is 0 Å². The van der Waals surface area contributed by atoms with Crippen molar-refractivity contribution < 1.29 is 9.53 Å². The molecule has 0 aromatic heterocycles. The van der Waals surface area contributed by atoms with Gasteiger partial charge in [0.2, 0.25) is 0 Å². The van der Waals surface area contributed by atoms with Crippen molar-refractivity contribution in [2.75, 3.05) is 26.3 Å². The topological polar surface area (TPSA) is 41.6 Å². The first kappa shape index (κ1) is 13.7. The average molecular weight is 254 g/mol. The summed E-state index contributed by atoms with van der Waals surface area (Å²) >= 11 is 0. The van der Waals surface area contributed by atoms with Crippen molar-refractivity contribution in [2.45, 2.75) is 45.6 Å². The van der Waals surface area contributed by atoms with Gasteiger partial charge in [0.15, 0.2) is 0 Å². The van der Waals surface area contributed by atoms with E-state index in [1.807, 2.05) is 4.90 Å². The van der Waals surface area contributed by atoms with Gasteiger partial charge in [-0.3, -0.25) is 0 Å². The number of nitrogens with zero attached hydrogens (tertiary/aromatic N) is 1. The van der Waals surface area contributed by atoms with Crippen molar-refractivity contribution in [2.24, 2.45) is 11.8 Å². The maximum atomic E-state index is 12.1. The highest BCUT2D eigenvalue weighted by atomic mass is 16.5. The highest BCUT2D eigenvalue weighted by Crippen LogP contribution is 2.24. The van der Waals surface area contributed by atoms with E-state index < -0.39 is 0 Å². The molecule has 2 aliphatic rings. The van der Waals surface area contributed by atoms with Gasteiger partial charge in [-0.25, -0.2) is 4.79 Å². The molecule has 1 N–H and O–H groups in total. The molecular formula is C14H26N2O2. The lowest BCUT2D eigenvalue weighted by Crippen LogP contribution is -2.45. The molecule has 0 spiro atoms. The van der Waals surface area contributed by atoms with E-state index in [0.29, 0.717) is 6.61 Å². The molecular weight excluding hydrogens is 228 g/mol. The van der Waals surface area contributed by atoms with Gasteiger partial charge in [-0.1, -0.05) is 13.8 Å². The Hall–Kier alpha value is -0.770. The van der Waals surface area contributed by atoms with Gasteiger partial charge in [0.05, 0.1) is 12.6 Å². The van der Waals surface area contributed by atoms with Gasteiger partial charge >= 0.3 is 6.03 Å². The Labute approximate surface area is 110 Å². The van der Waals surface area contributed by atoms with E-state index in [2.05, 4.69) is 19.2 Å². The third-order valence-electron chi connectivity index (χ3n) is 4.26. The van der Waals surface area contributed by atoms with Crippen molar-refractivity contribution in [3.8, 4) is 0 Å². The van der Waals surface area contributed by atoms with Crippen LogP contribution in [0.2, 0.25) is 0 Å². The number of hydrogen-bond donors (Lipinski definition) is 1. The van der Waals surface area contributed by atoms with E-state index in [-0.39, 0.29) is 12.1 Å². The van der Waals surface area contributed by atoms with E-state index in [4.69, 9.17) is 4.74 Å². The number of carbonyl (C=O) groups is 1. The monoisotopic (exact) mass is 254 g/mol. The highest BCUT2D eigenvalue weighted by molar-refractivity contribution is 5.74. The summed E-state index contributed by atoms with van der Waals surface area (Å²) in [7, 11) is 0. The van der Waals surface area contributed by atoms with Crippen LogP contribution in [0.1, 0.15) is 39.5 Å². The lowest BCUT2D eigenvalue weighted by Gasteiger charge is -2.23. The standard InChI is InChI=1S/C14H26N2O2/c1-11(2)12-4-3-7-16(8-5-12)14(17)15-13-6-9-18-10-13/h11-13H,3-10H2,1-2H3,(H,15,17). The minimum atomic E-state index is 0.106. The third kappa shape index (κ3) is 3.61. The Kier molecular flexibility index (Phi) is 4.87. The summed E-state index contributed by atoms with van der Waals surface area (Å²) in [5.41, 5.74) is 0. The summed E-state index contributed by atoms with van der Waals surface area (Å²) in [6.45, 7) is 7.84. The predicted molar refractivity (Wildman–Crippen MR) is 71.5 cm³/mol. The van der Waals surface area contributed by atoms with Crippen LogP contribution >= 0.6 is 0 Å². The van der Waals surface area contributed by atoms with E-state index in [0.717, 1.165) is 50.8 Å². The zero-order valence-electron chi connectivity index (χ0n) is 11.7. The molecule has 2 atom stereocenters. The van der Waals surface area contributed by atoms with Crippen molar-refractivity contribution in [3.63, 3.8) is 0 Å². The number of ether oxygens (including phenoxy) is 1. The zero-order valence-corrected chi connectivity index (χ0v) is 11.7. The van der Waals surface area contributed by atoms with E-state index in [1.54, 1.807) is 0 Å². The third-order valence-corrected chi connectivity index (χ3v) is 4.26. The molecule has 104 valence electrons. The second-order valence-corrected chi connectivity index (χ2v) is 5.93. The number of likely N-dealkylation sites (tertiary alicyclic amines) is 1. The van der Waals surface area contributed by atoms with Crippen LogP contribution in [0.4, 0.5) is 4.79 Å². The number of rotatable bonds is 2. The maximum Gasteiger partial charge on any atom is 0.317 e. The van der Waals surface area contributed by atoms with Crippen molar-refractivity contribution in [1.29, 1.82) is 0 Å². The molecule has 0 aromatic rings. The predicted octanol–water partition coefficient (Wildman–Crippen LogP) is 2.24. The molecule has 2 saturated heterocycles. The van der Waals surface area contributed by atoms with Gasteiger partial charge in [0.25, 0.3) is 0 Å². The molecule has 2 amide bonds. The number of nitrogens with one attached hydrogen (secondary N) is 1. The van der Waals surface area contributed by atoms with E-state index >= 15 is 0 Å². The van der Waals surface area contributed by atoms with Crippen LogP contribution < -0.4 is 5.32 Å². The number of urea groups is 1. The lowest BCUT2D eigenvalue weighted by atomic mass is 9.89. The molecule has 0 aliphatic carbocycles. The van der Waals surface area contributed by atoms with Crippen LogP contribution in [-0.2, 0) is 4.74 Å². The SMILES string of the molecule is CC(C)C1CCCN(C(=O)NC2CCOC2)CC1. The van der Waals surface area contributed by atoms with Crippen molar-refractivity contribution in [3.05, 3.63) is 0 Å². The van der Waals surface area contributed by atoms with Crippen LogP contribution in [0.3, 0.4) is 0 Å². The zero-order chi connectivity index (χ0) is 13.0. The van der Waals surface area contributed by atoms with Crippen molar-refractivity contribution >= 4 is 6.03 Å². The second kappa shape index (κ2) is 6.41. The molecule has 4 nitrogen and oxygen atoms in total. The molecule has 2 fully saturated rings. The first-order chi connectivity index (χ1) is 8.66. The number of amides is 2. The Morgan fingerprint density at radius 1 is 1.28 bits per heavy atom. The summed E-state index contributed by atoms with van der Waals surface area (Å²) in [6.07, 6.45) is 4.49. The van der Waals surface area contributed by atoms with Crippen molar-refractivity contribution in [1.82, 2.24) is 10.2 Å². The van der Waals surface area contributed by atoms with Gasteiger partial charge in [-0.15, -0.1) is 0 Å². The normalized spacial score (nSPS) is 29.4. The fourth-order valence-electron chi connectivity index (χ4n) is 2.91. The Bertz CT molecular complexity index is 275. The summed E-state index contributed by atoms with van der Waals surface area (Å²) in [5.74, 6) is 1.51. The molecule has 0 saturated carbocycles. The van der Waals surface area contributed by atoms with Crippen LogP contribution in [0.25, 0.3) is 0 Å². The van der Waals surface area contributed by atoms with Gasteiger partial charge < -0.3 is 15.0 Å². The molecule has 0 aromatic carbocycles. The molecule has 2 heterocycles. The smallest absolute Gasteiger partial charge is 0.317 e. The molecule has 2 aliphatic heterocycles. The average Bonchev–Trinajstić information content (AvgIpc) is 2.70. The fourth-order valence-corrected chi connectivity index (χ4v) is 2.91. The molecule has 4 heteroatoms. The van der Waals surface area contributed by atoms with Crippen LogP contribution in [0, 0.1) is 11.8 Å². The molecule has 18 heavy (non-hydrogen) atoms. The number of carbonyl (C=O) groups excluding carboxylic acids is 1. The first-order valence-corrected chi connectivity index (χ1v) is 7.30. The Morgan fingerprint density at radius 3 is 2.78 bits per heavy atom.